The highest BCUT2D eigenvalue weighted by atomic mass is 19.4. The van der Waals surface area contributed by atoms with Crippen LogP contribution in [-0.4, -0.2) is 6.04 Å². The van der Waals surface area contributed by atoms with Crippen LogP contribution in [0.25, 0.3) is 0 Å². The Bertz CT molecular complexity index is 663. The molecule has 1 atom stereocenters. The maximum atomic E-state index is 12.5. The summed E-state index contributed by atoms with van der Waals surface area (Å²) in [6, 6.07) is 11.3. The van der Waals surface area contributed by atoms with Crippen LogP contribution in [0.15, 0.2) is 42.5 Å². The molecule has 116 valence electrons. The van der Waals surface area contributed by atoms with Crippen LogP contribution in [0.5, 0.6) is 0 Å². The molecule has 5 heteroatoms. The predicted octanol–water partition coefficient (Wildman–Crippen LogP) is 4.27. The van der Waals surface area contributed by atoms with E-state index in [-0.39, 0.29) is 6.04 Å². The van der Waals surface area contributed by atoms with Gasteiger partial charge in [0.1, 0.15) is 0 Å². The monoisotopic (exact) mass is 306 g/mol. The Hall–Kier alpha value is -2.01. The molecule has 0 bridgehead atoms. The Balaban J connectivity index is 1.76. The summed E-state index contributed by atoms with van der Waals surface area (Å²) in [4.78, 5) is 0. The summed E-state index contributed by atoms with van der Waals surface area (Å²) in [5, 5.41) is 3.15. The first-order valence-electron chi connectivity index (χ1n) is 7.23. The van der Waals surface area contributed by atoms with Crippen LogP contribution < -0.4 is 11.1 Å². The number of rotatable bonds is 2. The van der Waals surface area contributed by atoms with E-state index in [0.717, 1.165) is 37.1 Å². The molecule has 2 aromatic rings. The third-order valence-electron chi connectivity index (χ3n) is 3.97. The lowest BCUT2D eigenvalue weighted by molar-refractivity contribution is -0.137. The van der Waals surface area contributed by atoms with Gasteiger partial charge in [-0.2, -0.15) is 13.2 Å². The van der Waals surface area contributed by atoms with Crippen molar-refractivity contribution in [3.05, 3.63) is 59.2 Å². The molecule has 3 N–H and O–H groups in total. The maximum absolute atomic E-state index is 12.5. The molecule has 0 amide bonds. The van der Waals surface area contributed by atoms with Crippen LogP contribution in [-0.2, 0) is 19.0 Å². The van der Waals surface area contributed by atoms with Crippen LogP contribution >= 0.6 is 0 Å². The van der Waals surface area contributed by atoms with E-state index in [1.165, 1.54) is 23.3 Å². The number of aryl methyl sites for hydroxylation is 1. The molecule has 1 aliphatic carbocycles. The van der Waals surface area contributed by atoms with E-state index in [0.29, 0.717) is 5.69 Å². The van der Waals surface area contributed by atoms with Crippen molar-refractivity contribution < 1.29 is 13.2 Å². The van der Waals surface area contributed by atoms with Gasteiger partial charge in [0, 0.05) is 17.4 Å². The molecule has 3 rings (SSSR count). The zero-order valence-electron chi connectivity index (χ0n) is 12.0. The number of benzene rings is 2. The van der Waals surface area contributed by atoms with E-state index in [4.69, 9.17) is 5.73 Å². The molecule has 2 nitrogen and oxygen atoms in total. The molecular formula is C17H17F3N2. The minimum absolute atomic E-state index is 0.223. The molecule has 2 aromatic carbocycles. The molecule has 0 fully saturated rings. The third kappa shape index (κ3) is 3.25. The van der Waals surface area contributed by atoms with Crippen LogP contribution in [0, 0.1) is 0 Å². The van der Waals surface area contributed by atoms with Gasteiger partial charge in [-0.1, -0.05) is 6.07 Å². The van der Waals surface area contributed by atoms with Crippen LogP contribution in [0.4, 0.5) is 24.5 Å². The standard InChI is InChI=1S/C17H17F3N2/c18-17(19,20)13-3-7-15(8-4-13)22-16-6-2-11-9-14(21)5-1-12(11)10-16/h2-4,6-8,10,14,22H,1,5,9,21H2/t14-/m0/s1. The van der Waals surface area contributed by atoms with Crippen molar-refractivity contribution in [3.8, 4) is 0 Å². The fourth-order valence-corrected chi connectivity index (χ4v) is 2.77. The molecule has 0 aromatic heterocycles. The van der Waals surface area contributed by atoms with Crippen molar-refractivity contribution in [2.75, 3.05) is 5.32 Å². The Morgan fingerprint density at radius 2 is 1.64 bits per heavy atom. The van der Waals surface area contributed by atoms with Gasteiger partial charge in [0.25, 0.3) is 0 Å². The number of alkyl halides is 3. The van der Waals surface area contributed by atoms with Crippen molar-refractivity contribution in [1.82, 2.24) is 0 Å². The highest BCUT2D eigenvalue weighted by molar-refractivity contribution is 5.61. The number of halogens is 3. The van der Waals surface area contributed by atoms with Crippen molar-refractivity contribution in [2.24, 2.45) is 5.73 Å². The highest BCUT2D eigenvalue weighted by Gasteiger charge is 2.29. The Morgan fingerprint density at radius 1 is 0.955 bits per heavy atom. The molecule has 0 saturated heterocycles. The van der Waals surface area contributed by atoms with Crippen LogP contribution in [0.1, 0.15) is 23.1 Å². The first kappa shape index (κ1) is 14.9. The van der Waals surface area contributed by atoms with Gasteiger partial charge >= 0.3 is 6.18 Å². The van der Waals surface area contributed by atoms with Crippen molar-refractivity contribution in [1.29, 1.82) is 0 Å². The number of fused-ring (bicyclic) bond motifs is 1. The first-order valence-corrected chi connectivity index (χ1v) is 7.23. The number of hydrogen-bond donors (Lipinski definition) is 2. The van der Waals surface area contributed by atoms with Crippen molar-refractivity contribution in [2.45, 2.75) is 31.5 Å². The van der Waals surface area contributed by atoms with E-state index in [1.54, 1.807) is 0 Å². The summed E-state index contributed by atoms with van der Waals surface area (Å²) in [6.45, 7) is 0. The lowest BCUT2D eigenvalue weighted by atomic mass is 9.88. The van der Waals surface area contributed by atoms with Gasteiger partial charge in [-0.25, -0.2) is 0 Å². The maximum Gasteiger partial charge on any atom is 0.416 e. The molecule has 0 spiro atoms. The normalized spacial score (nSPS) is 17.9. The smallest absolute Gasteiger partial charge is 0.356 e. The van der Waals surface area contributed by atoms with Gasteiger partial charge in [0.05, 0.1) is 5.56 Å². The Kier molecular flexibility index (Phi) is 3.83. The lowest BCUT2D eigenvalue weighted by Crippen LogP contribution is -2.27. The average molecular weight is 306 g/mol. The second-order valence-corrected chi connectivity index (χ2v) is 5.69. The summed E-state index contributed by atoms with van der Waals surface area (Å²) in [5.74, 6) is 0. The van der Waals surface area contributed by atoms with E-state index in [2.05, 4.69) is 11.4 Å². The first-order chi connectivity index (χ1) is 10.4. The minimum Gasteiger partial charge on any atom is -0.356 e. The fraction of sp³-hybridized carbons (Fsp3) is 0.294. The average Bonchev–Trinajstić information content (AvgIpc) is 2.47. The number of anilines is 2. The highest BCUT2D eigenvalue weighted by Crippen LogP contribution is 2.31. The fourth-order valence-electron chi connectivity index (χ4n) is 2.77. The molecule has 1 aliphatic rings. The van der Waals surface area contributed by atoms with Crippen molar-refractivity contribution in [3.63, 3.8) is 0 Å². The number of nitrogens with one attached hydrogen (secondary N) is 1. The molecule has 22 heavy (non-hydrogen) atoms. The van der Waals surface area contributed by atoms with Gasteiger partial charge in [0.2, 0.25) is 0 Å². The second kappa shape index (κ2) is 5.65. The van der Waals surface area contributed by atoms with Crippen LogP contribution in [0.3, 0.4) is 0 Å². The SMILES string of the molecule is N[C@H]1CCc2cc(Nc3ccc(C(F)(F)F)cc3)ccc2C1. The quantitative estimate of drug-likeness (QED) is 0.870. The molecule has 0 saturated carbocycles. The Morgan fingerprint density at radius 3 is 2.32 bits per heavy atom. The van der Waals surface area contributed by atoms with Gasteiger partial charge in [-0.3, -0.25) is 0 Å². The summed E-state index contributed by atoms with van der Waals surface area (Å²) < 4.78 is 37.6. The largest absolute Gasteiger partial charge is 0.416 e. The van der Waals surface area contributed by atoms with E-state index < -0.39 is 11.7 Å². The van der Waals surface area contributed by atoms with Crippen LogP contribution in [0.2, 0.25) is 0 Å². The molecule has 0 heterocycles. The van der Waals surface area contributed by atoms with E-state index in [9.17, 15) is 13.2 Å². The third-order valence-corrected chi connectivity index (χ3v) is 3.97. The van der Waals surface area contributed by atoms with Gasteiger partial charge in [-0.05, 0) is 66.8 Å². The van der Waals surface area contributed by atoms with Gasteiger partial charge < -0.3 is 11.1 Å². The van der Waals surface area contributed by atoms with E-state index >= 15 is 0 Å². The summed E-state index contributed by atoms with van der Waals surface area (Å²) in [5.41, 5.74) is 9.36. The number of nitrogens with two attached hydrogens (primary N) is 1. The topological polar surface area (TPSA) is 38.0 Å². The number of hydrogen-bond acceptors (Lipinski definition) is 2. The minimum atomic E-state index is -4.30. The van der Waals surface area contributed by atoms with Gasteiger partial charge in [0.15, 0.2) is 0 Å². The molecule has 0 unspecified atom stereocenters. The summed E-state index contributed by atoms with van der Waals surface area (Å²) in [6.07, 6.45) is -1.51. The molecule has 0 radical (unpaired) electrons. The summed E-state index contributed by atoms with van der Waals surface area (Å²) >= 11 is 0. The second-order valence-electron chi connectivity index (χ2n) is 5.69. The van der Waals surface area contributed by atoms with Crippen molar-refractivity contribution >= 4 is 11.4 Å². The Labute approximate surface area is 127 Å². The van der Waals surface area contributed by atoms with E-state index in [1.807, 2.05) is 12.1 Å². The lowest BCUT2D eigenvalue weighted by Gasteiger charge is -2.22. The molecule has 0 aliphatic heterocycles. The molecular weight excluding hydrogens is 289 g/mol. The zero-order valence-corrected chi connectivity index (χ0v) is 12.0. The summed E-state index contributed by atoms with van der Waals surface area (Å²) in [7, 11) is 0. The van der Waals surface area contributed by atoms with Gasteiger partial charge in [-0.15, -0.1) is 0 Å². The predicted molar refractivity (Wildman–Crippen MR) is 81.2 cm³/mol. The zero-order chi connectivity index (χ0) is 15.7.